The average Bonchev–Trinajstić information content (AvgIpc) is 2.79. The molecule has 0 unspecified atom stereocenters. The van der Waals surface area contributed by atoms with E-state index in [4.69, 9.17) is 18.0 Å². The Hall–Kier alpha value is -1.88. The molecule has 0 fully saturated rings. The molecule has 0 radical (unpaired) electrons. The van der Waals surface area contributed by atoms with Gasteiger partial charge in [0.2, 0.25) is 5.91 Å². The third-order valence-corrected chi connectivity index (χ3v) is 3.34. The number of nitrogens with one attached hydrogen (secondary N) is 1. The molecule has 19 heavy (non-hydrogen) atoms. The Morgan fingerprint density at radius 2 is 2.16 bits per heavy atom. The number of para-hydroxylation sites is 1. The van der Waals surface area contributed by atoms with Crippen LogP contribution in [0.1, 0.15) is 12.0 Å². The maximum atomic E-state index is 12.1. The van der Waals surface area contributed by atoms with Crippen LogP contribution in [0.25, 0.3) is 10.9 Å². The van der Waals surface area contributed by atoms with Crippen molar-refractivity contribution in [1.82, 2.24) is 9.88 Å². The first-order valence-electron chi connectivity index (χ1n) is 6.15. The van der Waals surface area contributed by atoms with Gasteiger partial charge in [0.1, 0.15) is 0 Å². The van der Waals surface area contributed by atoms with Crippen LogP contribution in [-0.4, -0.2) is 34.4 Å². The van der Waals surface area contributed by atoms with Gasteiger partial charge in [-0.05, 0) is 11.6 Å². The number of aromatic amines is 1. The molecule has 1 aromatic carbocycles. The van der Waals surface area contributed by atoms with Gasteiger partial charge in [0.05, 0.1) is 11.4 Å². The van der Waals surface area contributed by atoms with Crippen molar-refractivity contribution in [2.45, 2.75) is 12.8 Å². The molecule has 0 aliphatic rings. The minimum absolute atomic E-state index is 0.0704. The SMILES string of the molecule is CN(CCC(N)=S)C(=O)Cc1c[nH]c2ccccc12. The zero-order chi connectivity index (χ0) is 13.8. The molecule has 0 spiro atoms. The van der Waals surface area contributed by atoms with Crippen molar-refractivity contribution in [3.63, 3.8) is 0 Å². The van der Waals surface area contributed by atoms with Crippen LogP contribution in [0.4, 0.5) is 0 Å². The molecule has 4 nitrogen and oxygen atoms in total. The van der Waals surface area contributed by atoms with Crippen LogP contribution in [0.3, 0.4) is 0 Å². The van der Waals surface area contributed by atoms with Crippen LogP contribution in [-0.2, 0) is 11.2 Å². The van der Waals surface area contributed by atoms with E-state index >= 15 is 0 Å². The summed E-state index contributed by atoms with van der Waals surface area (Å²) in [6.45, 7) is 0.566. The summed E-state index contributed by atoms with van der Waals surface area (Å²) >= 11 is 4.81. The molecule has 2 rings (SSSR count). The molecule has 0 bridgehead atoms. The minimum Gasteiger partial charge on any atom is -0.393 e. The van der Waals surface area contributed by atoms with E-state index < -0.39 is 0 Å². The molecule has 0 saturated heterocycles. The Bertz CT molecular complexity index is 606. The van der Waals surface area contributed by atoms with E-state index in [0.29, 0.717) is 24.4 Å². The van der Waals surface area contributed by atoms with E-state index in [2.05, 4.69) is 4.98 Å². The van der Waals surface area contributed by atoms with Crippen LogP contribution < -0.4 is 5.73 Å². The topological polar surface area (TPSA) is 62.1 Å². The van der Waals surface area contributed by atoms with Gasteiger partial charge in [-0.15, -0.1) is 0 Å². The molecule has 3 N–H and O–H groups in total. The number of aromatic nitrogens is 1. The molecule has 2 aromatic rings. The smallest absolute Gasteiger partial charge is 0.226 e. The summed E-state index contributed by atoms with van der Waals surface area (Å²) in [6, 6.07) is 7.96. The van der Waals surface area contributed by atoms with Gasteiger partial charge < -0.3 is 15.6 Å². The van der Waals surface area contributed by atoms with Gasteiger partial charge in [-0.25, -0.2) is 0 Å². The van der Waals surface area contributed by atoms with Crippen LogP contribution in [0.5, 0.6) is 0 Å². The summed E-state index contributed by atoms with van der Waals surface area (Å²) in [5.41, 5.74) is 7.51. The van der Waals surface area contributed by atoms with Crippen molar-refractivity contribution < 1.29 is 4.79 Å². The number of carbonyl (C=O) groups excluding carboxylic acids is 1. The zero-order valence-electron chi connectivity index (χ0n) is 10.8. The summed E-state index contributed by atoms with van der Waals surface area (Å²) in [6.07, 6.45) is 2.84. The lowest BCUT2D eigenvalue weighted by Gasteiger charge is -2.16. The highest BCUT2D eigenvalue weighted by Gasteiger charge is 2.12. The number of hydrogen-bond donors (Lipinski definition) is 2. The first kappa shape index (κ1) is 13.5. The summed E-state index contributed by atoms with van der Waals surface area (Å²) in [4.78, 5) is 17.4. The highest BCUT2D eigenvalue weighted by molar-refractivity contribution is 7.80. The van der Waals surface area contributed by atoms with Gasteiger partial charge in [-0.1, -0.05) is 30.4 Å². The van der Waals surface area contributed by atoms with E-state index in [1.165, 1.54) is 0 Å². The largest absolute Gasteiger partial charge is 0.393 e. The number of thiocarbonyl (C=S) groups is 1. The van der Waals surface area contributed by atoms with Crippen LogP contribution in [0, 0.1) is 0 Å². The number of hydrogen-bond acceptors (Lipinski definition) is 2. The first-order valence-corrected chi connectivity index (χ1v) is 6.56. The normalized spacial score (nSPS) is 10.6. The fraction of sp³-hybridized carbons (Fsp3) is 0.286. The number of H-pyrrole nitrogens is 1. The molecule has 0 atom stereocenters. The van der Waals surface area contributed by atoms with Crippen molar-refractivity contribution in [2.24, 2.45) is 5.73 Å². The zero-order valence-corrected chi connectivity index (χ0v) is 11.7. The second-order valence-corrected chi connectivity index (χ2v) is 5.09. The van der Waals surface area contributed by atoms with Crippen LogP contribution in [0.2, 0.25) is 0 Å². The molecule has 0 saturated carbocycles. The number of rotatable bonds is 5. The number of nitrogens with zero attached hydrogens (tertiary/aromatic N) is 1. The summed E-state index contributed by atoms with van der Waals surface area (Å²) < 4.78 is 0. The van der Waals surface area contributed by atoms with Crippen molar-refractivity contribution in [1.29, 1.82) is 0 Å². The molecule has 1 amide bonds. The maximum absolute atomic E-state index is 12.1. The molecule has 100 valence electrons. The van der Waals surface area contributed by atoms with Crippen molar-refractivity contribution >= 4 is 34.0 Å². The molecular formula is C14H17N3OS. The van der Waals surface area contributed by atoms with E-state index in [0.717, 1.165) is 16.5 Å². The van der Waals surface area contributed by atoms with Crippen molar-refractivity contribution in [3.8, 4) is 0 Å². The highest BCUT2D eigenvalue weighted by Crippen LogP contribution is 2.18. The quantitative estimate of drug-likeness (QED) is 0.819. The van der Waals surface area contributed by atoms with Crippen LogP contribution in [0.15, 0.2) is 30.5 Å². The molecule has 1 aromatic heterocycles. The van der Waals surface area contributed by atoms with Gasteiger partial charge in [0.25, 0.3) is 0 Å². The van der Waals surface area contributed by atoms with Gasteiger partial charge in [-0.2, -0.15) is 0 Å². The summed E-state index contributed by atoms with van der Waals surface area (Å²) in [7, 11) is 1.77. The minimum atomic E-state index is 0.0704. The molecule has 5 heteroatoms. The van der Waals surface area contributed by atoms with E-state index in [9.17, 15) is 4.79 Å². The summed E-state index contributed by atoms with van der Waals surface area (Å²) in [5.74, 6) is 0.0704. The number of likely N-dealkylation sites (N-methyl/N-ethyl adjacent to an activating group) is 1. The maximum Gasteiger partial charge on any atom is 0.226 e. The highest BCUT2D eigenvalue weighted by atomic mass is 32.1. The fourth-order valence-electron chi connectivity index (χ4n) is 1.98. The van der Waals surface area contributed by atoms with E-state index in [1.54, 1.807) is 11.9 Å². The third kappa shape index (κ3) is 3.32. The van der Waals surface area contributed by atoms with E-state index in [-0.39, 0.29) is 5.91 Å². The van der Waals surface area contributed by atoms with Crippen LogP contribution >= 0.6 is 12.2 Å². The number of nitrogens with two attached hydrogens (primary N) is 1. The lowest BCUT2D eigenvalue weighted by Crippen LogP contribution is -2.31. The Balaban J connectivity index is 2.04. The molecule has 0 aliphatic carbocycles. The Labute approximate surface area is 117 Å². The van der Waals surface area contributed by atoms with Crippen molar-refractivity contribution in [2.75, 3.05) is 13.6 Å². The van der Waals surface area contributed by atoms with E-state index in [1.807, 2.05) is 30.5 Å². The molecular weight excluding hydrogens is 258 g/mol. The first-order chi connectivity index (χ1) is 9.08. The third-order valence-electron chi connectivity index (χ3n) is 3.14. The second kappa shape index (κ2) is 5.84. The lowest BCUT2D eigenvalue weighted by atomic mass is 10.1. The van der Waals surface area contributed by atoms with Gasteiger partial charge >= 0.3 is 0 Å². The predicted molar refractivity (Wildman–Crippen MR) is 81.0 cm³/mol. The van der Waals surface area contributed by atoms with Gasteiger partial charge in [0, 0.05) is 37.1 Å². The number of fused-ring (bicyclic) bond motifs is 1. The Morgan fingerprint density at radius 3 is 2.89 bits per heavy atom. The number of carbonyl (C=O) groups is 1. The van der Waals surface area contributed by atoms with Crippen molar-refractivity contribution in [3.05, 3.63) is 36.0 Å². The molecule has 0 aliphatic heterocycles. The average molecular weight is 275 g/mol. The standard InChI is InChI=1S/C14H17N3OS/c1-17(7-6-13(15)19)14(18)8-10-9-16-12-5-3-2-4-11(10)12/h2-5,9,16H,6-8H2,1H3,(H2,15,19). The number of benzene rings is 1. The Kier molecular flexibility index (Phi) is 4.16. The monoisotopic (exact) mass is 275 g/mol. The lowest BCUT2D eigenvalue weighted by molar-refractivity contribution is -0.129. The predicted octanol–water partition coefficient (Wildman–Crippen LogP) is 1.84. The second-order valence-electron chi connectivity index (χ2n) is 4.57. The summed E-state index contributed by atoms with van der Waals surface area (Å²) in [5, 5.41) is 1.10. The Morgan fingerprint density at radius 1 is 1.42 bits per heavy atom. The van der Waals surface area contributed by atoms with Gasteiger partial charge in [0.15, 0.2) is 0 Å². The number of amides is 1. The molecule has 1 heterocycles. The van der Waals surface area contributed by atoms with Gasteiger partial charge in [-0.3, -0.25) is 4.79 Å². The fourth-order valence-corrected chi connectivity index (χ4v) is 2.07.